The van der Waals surface area contributed by atoms with E-state index < -0.39 is 0 Å². The summed E-state index contributed by atoms with van der Waals surface area (Å²) in [5, 5.41) is 0. The van der Waals surface area contributed by atoms with Crippen molar-refractivity contribution in [3.05, 3.63) is 23.3 Å². The summed E-state index contributed by atoms with van der Waals surface area (Å²) in [6.45, 7) is 16.5. The van der Waals surface area contributed by atoms with Crippen molar-refractivity contribution >= 4 is 0 Å². The van der Waals surface area contributed by atoms with Crippen LogP contribution in [-0.4, -0.2) is 0 Å². The van der Waals surface area contributed by atoms with E-state index in [1.54, 1.807) is 5.57 Å². The molecule has 0 N–H and O–H groups in total. The smallest absolute Gasteiger partial charge is 0.00787 e. The van der Waals surface area contributed by atoms with E-state index in [4.69, 9.17) is 0 Å². The average molecular weight is 343 g/mol. The topological polar surface area (TPSA) is 0 Å². The maximum atomic E-state index is 2.67. The highest BCUT2D eigenvalue weighted by Crippen LogP contribution is 2.71. The summed E-state index contributed by atoms with van der Waals surface area (Å²) in [6.07, 6.45) is 16.9. The van der Waals surface area contributed by atoms with Gasteiger partial charge >= 0.3 is 0 Å². The zero-order valence-corrected chi connectivity index (χ0v) is 18.0. The van der Waals surface area contributed by atoms with Crippen LogP contribution in [0.1, 0.15) is 99.8 Å². The fraction of sp³-hybridized carbons (Fsp3) is 0.840. The van der Waals surface area contributed by atoms with E-state index in [1.165, 1.54) is 51.4 Å². The summed E-state index contributed by atoms with van der Waals surface area (Å²) in [4.78, 5) is 0. The number of hydrogen-bond acceptors (Lipinski definition) is 0. The largest absolute Gasteiger partial charge is 0.0671 e. The molecule has 0 heteroatoms. The Morgan fingerprint density at radius 3 is 2.00 bits per heavy atom. The second-order valence-corrected chi connectivity index (χ2v) is 11.1. The predicted molar refractivity (Wildman–Crippen MR) is 111 cm³/mol. The Kier molecular flexibility index (Phi) is 5.06. The summed E-state index contributed by atoms with van der Waals surface area (Å²) in [6, 6.07) is 0. The standard InChI is InChI=1S/C21H32.C4H10/c1-15-7-8-16-17(19(15,2)3)9-13-20(4)18(16)10-14-21(20)11-5-6-12-21;1-4(2)3/h7-8,17-18H,5-6,9-14H2,1-4H3;4H,1-3H3. The van der Waals surface area contributed by atoms with Gasteiger partial charge in [-0.2, -0.15) is 0 Å². The van der Waals surface area contributed by atoms with Gasteiger partial charge in [-0.3, -0.25) is 0 Å². The van der Waals surface area contributed by atoms with Gasteiger partial charge in [0.25, 0.3) is 0 Å². The Balaban J connectivity index is 0.000000415. The van der Waals surface area contributed by atoms with Crippen molar-refractivity contribution < 1.29 is 0 Å². The van der Waals surface area contributed by atoms with E-state index in [1.807, 2.05) is 5.57 Å². The van der Waals surface area contributed by atoms with Gasteiger partial charge < -0.3 is 0 Å². The van der Waals surface area contributed by atoms with Crippen molar-refractivity contribution in [2.75, 3.05) is 0 Å². The zero-order chi connectivity index (χ0) is 18.5. The third kappa shape index (κ3) is 2.96. The molecule has 4 rings (SSSR count). The van der Waals surface area contributed by atoms with E-state index in [0.29, 0.717) is 16.2 Å². The Morgan fingerprint density at radius 1 is 0.840 bits per heavy atom. The molecule has 0 radical (unpaired) electrons. The fourth-order valence-electron chi connectivity index (χ4n) is 6.82. The first-order valence-electron chi connectivity index (χ1n) is 11.0. The molecule has 0 heterocycles. The van der Waals surface area contributed by atoms with Gasteiger partial charge in [0.1, 0.15) is 0 Å². The molecule has 0 bridgehead atoms. The molecule has 4 aliphatic rings. The van der Waals surface area contributed by atoms with Crippen LogP contribution in [0.4, 0.5) is 0 Å². The zero-order valence-electron chi connectivity index (χ0n) is 18.0. The van der Waals surface area contributed by atoms with E-state index in [0.717, 1.165) is 17.8 Å². The lowest BCUT2D eigenvalue weighted by Crippen LogP contribution is -2.45. The van der Waals surface area contributed by atoms with Crippen molar-refractivity contribution in [2.24, 2.45) is 34.0 Å². The molecular weight excluding hydrogens is 300 g/mol. The van der Waals surface area contributed by atoms with Crippen molar-refractivity contribution in [2.45, 2.75) is 99.8 Å². The van der Waals surface area contributed by atoms with Crippen LogP contribution in [-0.2, 0) is 0 Å². The minimum atomic E-state index is 0.386. The molecule has 1 spiro atoms. The summed E-state index contributed by atoms with van der Waals surface area (Å²) in [5.74, 6) is 2.54. The molecule has 0 aliphatic heterocycles. The summed E-state index contributed by atoms with van der Waals surface area (Å²) >= 11 is 0. The number of rotatable bonds is 0. The Labute approximate surface area is 157 Å². The second kappa shape index (κ2) is 6.58. The fourth-order valence-corrected chi connectivity index (χ4v) is 6.82. The molecule has 0 nitrogen and oxygen atoms in total. The first kappa shape index (κ1) is 19.2. The summed E-state index contributed by atoms with van der Waals surface area (Å²) in [7, 11) is 0. The van der Waals surface area contributed by atoms with Gasteiger partial charge in [-0.25, -0.2) is 0 Å². The first-order valence-corrected chi connectivity index (χ1v) is 11.0. The summed E-state index contributed by atoms with van der Waals surface area (Å²) in [5.41, 5.74) is 5.14. The molecule has 0 amide bonds. The quantitative estimate of drug-likeness (QED) is 0.419. The minimum absolute atomic E-state index is 0.386. The van der Waals surface area contributed by atoms with Crippen molar-refractivity contribution in [3.8, 4) is 0 Å². The average Bonchev–Trinajstić information content (AvgIpc) is 3.10. The van der Waals surface area contributed by atoms with Crippen LogP contribution in [0.15, 0.2) is 23.3 Å². The molecule has 0 aromatic heterocycles. The van der Waals surface area contributed by atoms with Crippen LogP contribution in [0.5, 0.6) is 0 Å². The van der Waals surface area contributed by atoms with Crippen LogP contribution in [0.25, 0.3) is 0 Å². The van der Waals surface area contributed by atoms with Crippen LogP contribution >= 0.6 is 0 Å². The minimum Gasteiger partial charge on any atom is -0.0671 e. The van der Waals surface area contributed by atoms with Crippen molar-refractivity contribution in [3.63, 3.8) is 0 Å². The number of fused-ring (bicyclic) bond motifs is 4. The van der Waals surface area contributed by atoms with Gasteiger partial charge in [-0.15, -0.1) is 0 Å². The highest BCUT2D eigenvalue weighted by Gasteiger charge is 2.61. The molecule has 4 aliphatic carbocycles. The lowest BCUT2D eigenvalue weighted by atomic mass is 9.50. The normalized spacial score (nSPS) is 37.8. The molecule has 0 saturated heterocycles. The Hall–Kier alpha value is -0.520. The van der Waals surface area contributed by atoms with Gasteiger partial charge in [-0.05, 0) is 79.4 Å². The van der Waals surface area contributed by atoms with E-state index in [-0.39, 0.29) is 0 Å². The summed E-state index contributed by atoms with van der Waals surface area (Å²) < 4.78 is 0. The van der Waals surface area contributed by atoms with Crippen LogP contribution in [0, 0.1) is 34.0 Å². The van der Waals surface area contributed by atoms with Gasteiger partial charge in [0.05, 0.1) is 0 Å². The van der Waals surface area contributed by atoms with Crippen molar-refractivity contribution in [1.82, 2.24) is 0 Å². The van der Waals surface area contributed by atoms with Gasteiger partial charge in [0.15, 0.2) is 0 Å². The van der Waals surface area contributed by atoms with Gasteiger partial charge in [-0.1, -0.05) is 77.7 Å². The van der Waals surface area contributed by atoms with Crippen molar-refractivity contribution in [1.29, 1.82) is 0 Å². The maximum Gasteiger partial charge on any atom is -0.00787 e. The van der Waals surface area contributed by atoms with E-state index in [9.17, 15) is 0 Å². The maximum absolute atomic E-state index is 2.67. The predicted octanol–water partition coefficient (Wildman–Crippen LogP) is 7.95. The monoisotopic (exact) mass is 342 g/mol. The third-order valence-electron chi connectivity index (χ3n) is 8.62. The highest BCUT2D eigenvalue weighted by molar-refractivity contribution is 5.37. The first-order chi connectivity index (χ1) is 11.6. The second-order valence-electron chi connectivity index (χ2n) is 11.1. The highest BCUT2D eigenvalue weighted by atomic mass is 14.7. The third-order valence-corrected chi connectivity index (χ3v) is 8.62. The Morgan fingerprint density at radius 2 is 1.40 bits per heavy atom. The number of allylic oxidation sites excluding steroid dienone is 4. The molecule has 142 valence electrons. The molecule has 3 fully saturated rings. The lowest BCUT2D eigenvalue weighted by Gasteiger charge is -2.54. The van der Waals surface area contributed by atoms with E-state index in [2.05, 4.69) is 60.6 Å². The molecule has 0 aromatic carbocycles. The molecule has 3 saturated carbocycles. The molecular formula is C25H42. The molecule has 3 unspecified atom stereocenters. The van der Waals surface area contributed by atoms with Crippen LogP contribution in [0.2, 0.25) is 0 Å². The van der Waals surface area contributed by atoms with Gasteiger partial charge in [0, 0.05) is 0 Å². The molecule has 25 heavy (non-hydrogen) atoms. The molecule has 3 atom stereocenters. The Bertz CT molecular complexity index is 550. The lowest BCUT2D eigenvalue weighted by molar-refractivity contribution is 0.0170. The van der Waals surface area contributed by atoms with E-state index >= 15 is 0 Å². The molecule has 0 aromatic rings. The SMILES string of the molecule is CC(C)C.CC1=CC=C2C(CCC3(C)C2CCC32CCCC2)C1(C)C. The number of hydrogen-bond donors (Lipinski definition) is 0. The van der Waals surface area contributed by atoms with Crippen LogP contribution < -0.4 is 0 Å². The van der Waals surface area contributed by atoms with Crippen LogP contribution in [0.3, 0.4) is 0 Å². The van der Waals surface area contributed by atoms with Gasteiger partial charge in [0.2, 0.25) is 0 Å².